The average molecular weight is 998 g/mol. The fraction of sp³-hybridized carbons (Fsp3) is 0.231. The van der Waals surface area contributed by atoms with Crippen molar-refractivity contribution < 1.29 is 21.1 Å². The van der Waals surface area contributed by atoms with Crippen molar-refractivity contribution in [2.45, 2.75) is 77.8 Å². The molecule has 0 N–H and O–H groups in total. The Hall–Kier alpha value is -3.58. The number of benzene rings is 6. The third kappa shape index (κ3) is 15.6. The Morgan fingerprint density at radius 2 is 0.456 bits per heavy atom. The maximum Gasteiger partial charge on any atom is 2.00 e. The largest absolute Gasteiger partial charge is 2.00 e. The summed E-state index contributed by atoms with van der Waals surface area (Å²) in [6.07, 6.45) is 14.2. The summed E-state index contributed by atoms with van der Waals surface area (Å²) in [6.45, 7) is 13.1. The van der Waals surface area contributed by atoms with Gasteiger partial charge >= 0.3 is 21.1 Å². The first-order valence-electron chi connectivity index (χ1n) is 20.2. The van der Waals surface area contributed by atoms with E-state index in [9.17, 15) is 0 Å². The second kappa shape index (κ2) is 28.0. The van der Waals surface area contributed by atoms with E-state index in [2.05, 4.69) is 235 Å². The van der Waals surface area contributed by atoms with Crippen LogP contribution in [0.3, 0.4) is 0 Å². The Bertz CT molecular complexity index is 1620. The van der Waals surface area contributed by atoms with Crippen LogP contribution in [-0.2, 0) is 21.1 Å². The molecule has 0 radical (unpaired) electrons. The monoisotopic (exact) mass is 997 g/mol. The van der Waals surface area contributed by atoms with Crippen molar-refractivity contribution in [2.75, 3.05) is 0 Å². The van der Waals surface area contributed by atoms with Crippen molar-refractivity contribution in [3.05, 3.63) is 195 Å². The van der Waals surface area contributed by atoms with E-state index in [-0.39, 0.29) is 21.1 Å². The summed E-state index contributed by atoms with van der Waals surface area (Å²) in [7, 11) is -3.44. The third-order valence-electron chi connectivity index (χ3n) is 10.7. The molecule has 0 atom stereocenters. The van der Waals surface area contributed by atoms with Crippen LogP contribution in [0.1, 0.15) is 41.5 Å². The minimum atomic E-state index is -1.27. The molecule has 0 aliphatic heterocycles. The maximum atomic E-state index is 7.12. The molecule has 0 unspecified atom stereocenters. The van der Waals surface area contributed by atoms with Gasteiger partial charge < -0.3 is 23.9 Å². The van der Waals surface area contributed by atoms with Gasteiger partial charge in [0.15, 0.2) is 0 Å². The van der Waals surface area contributed by atoms with Gasteiger partial charge in [-0.15, -0.1) is 0 Å². The normalized spacial score (nSPS) is 10.5. The molecule has 0 aromatic heterocycles. The van der Waals surface area contributed by atoms with Crippen LogP contribution in [0.15, 0.2) is 182 Å². The van der Waals surface area contributed by atoms with Crippen molar-refractivity contribution in [3.8, 4) is 11.1 Å². The second-order valence-corrected chi connectivity index (χ2v) is 27.9. The molecule has 0 fully saturated rings. The zero-order valence-corrected chi connectivity index (χ0v) is 40.8. The van der Waals surface area contributed by atoms with Gasteiger partial charge in [-0.25, -0.2) is 0 Å². The summed E-state index contributed by atoms with van der Waals surface area (Å²) in [5.74, 6) is 0. The fourth-order valence-electron chi connectivity index (χ4n) is 6.39. The molecule has 57 heavy (non-hydrogen) atoms. The molecule has 0 aliphatic carbocycles. The van der Waals surface area contributed by atoms with E-state index < -0.39 is 32.0 Å². The van der Waals surface area contributed by atoms with Crippen molar-refractivity contribution >= 4 is 63.8 Å². The van der Waals surface area contributed by atoms with Crippen molar-refractivity contribution in [1.29, 1.82) is 0 Å². The van der Waals surface area contributed by atoms with Crippen LogP contribution in [0.2, 0.25) is 36.3 Å². The molecule has 6 aromatic rings. The first kappa shape index (κ1) is 49.6. The molecule has 0 nitrogen and oxygen atoms in total. The summed E-state index contributed by atoms with van der Waals surface area (Å²) in [6, 6.07) is 71.8. The van der Waals surface area contributed by atoms with Gasteiger partial charge in [0.25, 0.3) is 0 Å². The zero-order chi connectivity index (χ0) is 40.5. The van der Waals surface area contributed by atoms with E-state index in [0.717, 1.165) is 0 Å². The van der Waals surface area contributed by atoms with E-state index >= 15 is 0 Å². The molecule has 0 bridgehead atoms. The van der Waals surface area contributed by atoms with Crippen LogP contribution in [0, 0.1) is 23.9 Å². The van der Waals surface area contributed by atoms with Crippen LogP contribution >= 0.6 is 15.8 Å². The standard InChI is InChI=1S/2C18H15P.2C8H15Si.Pt/c2*1-4-10-16(11-5-1)19(17-12-6-2-7-13-17)18-14-8-3-9-15-18;2*1-5-9(6-2,7-3)8-4;/h2*1-15H;2*5-7H2,1-3H3;/q;;2*-1;+2. The topological polar surface area (TPSA) is 0 Å². The minimum Gasteiger partial charge on any atom is -0.701 e. The summed E-state index contributed by atoms with van der Waals surface area (Å²) >= 11 is 0. The molecule has 296 valence electrons. The molecule has 0 spiro atoms. The van der Waals surface area contributed by atoms with Gasteiger partial charge in [-0.05, 0) is 47.7 Å². The molecule has 6 rings (SSSR count). The molecule has 0 aliphatic rings. The molecular weight excluding hydrogens is 938 g/mol. The van der Waals surface area contributed by atoms with Crippen LogP contribution in [-0.4, -0.2) is 16.1 Å². The van der Waals surface area contributed by atoms with E-state index in [1.807, 2.05) is 0 Å². The predicted octanol–water partition coefficient (Wildman–Crippen LogP) is 12.1. The van der Waals surface area contributed by atoms with Crippen molar-refractivity contribution in [3.63, 3.8) is 0 Å². The first-order valence-corrected chi connectivity index (χ1v) is 28.1. The van der Waals surface area contributed by atoms with Gasteiger partial charge in [-0.1, -0.05) is 260 Å². The van der Waals surface area contributed by atoms with E-state index in [1.54, 1.807) is 0 Å². The van der Waals surface area contributed by atoms with Crippen molar-refractivity contribution in [1.82, 2.24) is 0 Å². The molecule has 0 saturated carbocycles. The minimum absolute atomic E-state index is 0. The summed E-state index contributed by atoms with van der Waals surface area (Å²) < 4.78 is 0. The summed E-state index contributed by atoms with van der Waals surface area (Å²) in [5.41, 5.74) is 5.51. The average Bonchev–Trinajstić information content (AvgIpc) is 3.29. The van der Waals surface area contributed by atoms with Gasteiger partial charge in [-0.2, -0.15) is 0 Å². The molecular formula is C52H60P2PtSi2. The second-order valence-electron chi connectivity index (χ2n) is 13.6. The van der Waals surface area contributed by atoms with E-state index in [4.69, 9.17) is 12.8 Å². The predicted molar refractivity (Wildman–Crippen MR) is 259 cm³/mol. The van der Waals surface area contributed by atoms with Gasteiger partial charge in [0.1, 0.15) is 0 Å². The Morgan fingerprint density at radius 1 is 0.316 bits per heavy atom. The number of rotatable bonds is 12. The molecule has 0 heterocycles. The van der Waals surface area contributed by atoms with Crippen LogP contribution in [0.25, 0.3) is 0 Å². The quantitative estimate of drug-likeness (QED) is 0.0496. The third-order valence-corrected chi connectivity index (χ3v) is 24.7. The van der Waals surface area contributed by atoms with Crippen LogP contribution < -0.4 is 31.8 Å². The van der Waals surface area contributed by atoms with Crippen LogP contribution in [0.5, 0.6) is 0 Å². The fourth-order valence-corrected chi connectivity index (χ4v) is 15.1. The summed E-state index contributed by atoms with van der Waals surface area (Å²) in [5, 5.41) is 8.39. The molecule has 0 amide bonds. The van der Waals surface area contributed by atoms with Crippen molar-refractivity contribution in [2.24, 2.45) is 0 Å². The van der Waals surface area contributed by atoms with E-state index in [0.29, 0.717) is 0 Å². The Morgan fingerprint density at radius 3 is 0.544 bits per heavy atom. The van der Waals surface area contributed by atoms with Gasteiger partial charge in [0.2, 0.25) is 0 Å². The SMILES string of the molecule is [C-]#C[Si](CC)(CC)CC.[C-]#C[Si](CC)(CC)CC.[Pt+2].c1ccc(P(c2ccccc2)c2ccccc2)cc1.c1ccc(P(c2ccccc2)c2ccccc2)cc1. The number of hydrogen-bond acceptors (Lipinski definition) is 0. The zero-order valence-electron chi connectivity index (χ0n) is 34.8. The molecule has 6 aromatic carbocycles. The maximum absolute atomic E-state index is 7.12. The van der Waals surface area contributed by atoms with E-state index in [1.165, 1.54) is 68.1 Å². The first-order chi connectivity index (χ1) is 27.4. The van der Waals surface area contributed by atoms with Gasteiger partial charge in [-0.3, -0.25) is 0 Å². The van der Waals surface area contributed by atoms with Gasteiger partial charge in [0, 0.05) is 0 Å². The smallest absolute Gasteiger partial charge is 0.701 e. The molecule has 5 heteroatoms. The molecule has 0 saturated heterocycles. The Kier molecular flexibility index (Phi) is 24.3. The van der Waals surface area contributed by atoms with Gasteiger partial charge in [0.05, 0.1) is 16.1 Å². The Labute approximate surface area is 366 Å². The number of hydrogen-bond donors (Lipinski definition) is 0. The summed E-state index contributed by atoms with van der Waals surface area (Å²) in [4.78, 5) is 0. The van der Waals surface area contributed by atoms with Crippen LogP contribution in [0.4, 0.5) is 0 Å². The Balaban J connectivity index is 0.000000278.